The molecule has 134 valence electrons. The number of hydrogen-bond donors (Lipinski definition) is 1. The Morgan fingerprint density at radius 1 is 1.24 bits per heavy atom. The first kappa shape index (κ1) is 19.2. The Kier molecular flexibility index (Phi) is 5.69. The van der Waals surface area contributed by atoms with E-state index in [0.29, 0.717) is 10.6 Å². The largest absolute Gasteiger partial charge is 0.480 e. The SMILES string of the molecule is Cc1ccc(C[C@@H](C(=O)O)N(c2ccc(F)cc2)S(C)(=O)=O)cc1Cl. The molecule has 25 heavy (non-hydrogen) atoms. The van der Waals surface area contributed by atoms with E-state index in [9.17, 15) is 22.7 Å². The van der Waals surface area contributed by atoms with Gasteiger partial charge in [0, 0.05) is 11.4 Å². The van der Waals surface area contributed by atoms with E-state index >= 15 is 0 Å². The van der Waals surface area contributed by atoms with Crippen molar-refractivity contribution in [1.82, 2.24) is 0 Å². The van der Waals surface area contributed by atoms with Crippen LogP contribution >= 0.6 is 11.6 Å². The van der Waals surface area contributed by atoms with E-state index < -0.39 is 27.9 Å². The average molecular weight is 386 g/mol. The van der Waals surface area contributed by atoms with Gasteiger partial charge in [-0.05, 0) is 48.4 Å². The molecule has 8 heteroatoms. The number of rotatable bonds is 6. The second kappa shape index (κ2) is 7.41. The van der Waals surface area contributed by atoms with Crippen LogP contribution in [0.15, 0.2) is 42.5 Å². The summed E-state index contributed by atoms with van der Waals surface area (Å²) in [6.07, 6.45) is 0.828. The predicted molar refractivity (Wildman–Crippen MR) is 95.0 cm³/mol. The number of sulfonamides is 1. The first-order valence-corrected chi connectivity index (χ1v) is 9.55. The predicted octanol–water partition coefficient (Wildman–Crippen LogP) is 3.25. The lowest BCUT2D eigenvalue weighted by Gasteiger charge is -2.29. The molecule has 0 saturated carbocycles. The normalized spacial score (nSPS) is 12.6. The molecule has 0 saturated heterocycles. The highest BCUT2D eigenvalue weighted by molar-refractivity contribution is 7.92. The molecular formula is C17H17ClFNO4S. The lowest BCUT2D eigenvalue weighted by Crippen LogP contribution is -2.46. The minimum atomic E-state index is -3.92. The fourth-order valence-corrected chi connectivity index (χ4v) is 3.78. The van der Waals surface area contributed by atoms with Crippen molar-refractivity contribution >= 4 is 33.3 Å². The van der Waals surface area contributed by atoms with Gasteiger partial charge in [-0.2, -0.15) is 0 Å². The molecule has 0 fully saturated rings. The molecule has 2 aromatic rings. The first-order chi connectivity index (χ1) is 11.6. The van der Waals surface area contributed by atoms with Crippen LogP contribution in [-0.4, -0.2) is 31.8 Å². The summed E-state index contributed by atoms with van der Waals surface area (Å²) in [7, 11) is -3.92. The van der Waals surface area contributed by atoms with Crippen LogP contribution in [0.25, 0.3) is 0 Å². The van der Waals surface area contributed by atoms with Crippen LogP contribution in [0.4, 0.5) is 10.1 Å². The van der Waals surface area contributed by atoms with Gasteiger partial charge in [-0.25, -0.2) is 17.6 Å². The Balaban J connectivity index is 2.47. The maximum absolute atomic E-state index is 13.1. The third kappa shape index (κ3) is 4.70. The molecular weight excluding hydrogens is 369 g/mol. The summed E-state index contributed by atoms with van der Waals surface area (Å²) in [5.41, 5.74) is 1.49. The molecule has 0 heterocycles. The summed E-state index contributed by atoms with van der Waals surface area (Å²) < 4.78 is 38.4. The molecule has 0 spiro atoms. The maximum Gasteiger partial charge on any atom is 0.327 e. The summed E-state index contributed by atoms with van der Waals surface area (Å²) in [4.78, 5) is 11.8. The summed E-state index contributed by atoms with van der Waals surface area (Å²) in [5, 5.41) is 10.1. The van der Waals surface area contributed by atoms with E-state index in [-0.39, 0.29) is 12.1 Å². The number of anilines is 1. The molecule has 0 bridgehead atoms. The van der Waals surface area contributed by atoms with Crippen LogP contribution in [0.5, 0.6) is 0 Å². The van der Waals surface area contributed by atoms with Gasteiger partial charge in [0.15, 0.2) is 0 Å². The van der Waals surface area contributed by atoms with E-state index in [4.69, 9.17) is 11.6 Å². The van der Waals surface area contributed by atoms with Gasteiger partial charge in [-0.3, -0.25) is 4.31 Å². The highest BCUT2D eigenvalue weighted by Crippen LogP contribution is 2.25. The number of carbonyl (C=O) groups is 1. The minimum Gasteiger partial charge on any atom is -0.480 e. The van der Waals surface area contributed by atoms with Gasteiger partial charge in [-0.15, -0.1) is 0 Å². The van der Waals surface area contributed by atoms with Crippen LogP contribution < -0.4 is 4.31 Å². The molecule has 0 unspecified atom stereocenters. The van der Waals surface area contributed by atoms with Crippen molar-refractivity contribution < 1.29 is 22.7 Å². The van der Waals surface area contributed by atoms with Gasteiger partial charge in [-0.1, -0.05) is 23.7 Å². The van der Waals surface area contributed by atoms with Gasteiger partial charge >= 0.3 is 5.97 Å². The monoisotopic (exact) mass is 385 g/mol. The van der Waals surface area contributed by atoms with Crippen molar-refractivity contribution in [2.45, 2.75) is 19.4 Å². The van der Waals surface area contributed by atoms with Crippen LogP contribution in [0.2, 0.25) is 5.02 Å². The van der Waals surface area contributed by atoms with Crippen LogP contribution in [-0.2, 0) is 21.2 Å². The summed E-state index contributed by atoms with van der Waals surface area (Å²) >= 11 is 6.06. The highest BCUT2D eigenvalue weighted by Gasteiger charge is 2.33. The van der Waals surface area contributed by atoms with Crippen molar-refractivity contribution in [3.8, 4) is 0 Å². The molecule has 0 aliphatic heterocycles. The lowest BCUT2D eigenvalue weighted by atomic mass is 10.0. The fourth-order valence-electron chi connectivity index (χ4n) is 2.45. The number of nitrogens with zero attached hydrogens (tertiary/aromatic N) is 1. The number of aryl methyl sites for hydroxylation is 1. The molecule has 0 aliphatic carbocycles. The van der Waals surface area contributed by atoms with Crippen molar-refractivity contribution in [1.29, 1.82) is 0 Å². The smallest absolute Gasteiger partial charge is 0.327 e. The molecule has 1 atom stereocenters. The summed E-state index contributed by atoms with van der Waals surface area (Å²) in [6, 6.07) is 8.27. The number of hydrogen-bond acceptors (Lipinski definition) is 3. The van der Waals surface area contributed by atoms with Gasteiger partial charge < -0.3 is 5.11 Å². The standard InChI is InChI=1S/C17H17ClFNO4S/c1-11-3-4-12(9-15(11)18)10-16(17(21)22)20(25(2,23)24)14-7-5-13(19)6-8-14/h3-9,16H,10H2,1-2H3,(H,21,22)/t16-/m0/s1. The fraction of sp³-hybridized carbons (Fsp3) is 0.235. The van der Waals surface area contributed by atoms with Crippen molar-refractivity contribution in [3.05, 3.63) is 64.4 Å². The van der Waals surface area contributed by atoms with Crippen molar-refractivity contribution in [2.24, 2.45) is 0 Å². The Morgan fingerprint density at radius 2 is 1.84 bits per heavy atom. The first-order valence-electron chi connectivity index (χ1n) is 7.32. The molecule has 2 aromatic carbocycles. The third-order valence-electron chi connectivity index (χ3n) is 3.67. The van der Waals surface area contributed by atoms with E-state index in [0.717, 1.165) is 28.3 Å². The van der Waals surface area contributed by atoms with Gasteiger partial charge in [0.2, 0.25) is 10.0 Å². The maximum atomic E-state index is 13.1. The van der Waals surface area contributed by atoms with Crippen molar-refractivity contribution in [3.63, 3.8) is 0 Å². The molecule has 5 nitrogen and oxygen atoms in total. The quantitative estimate of drug-likeness (QED) is 0.828. The van der Waals surface area contributed by atoms with E-state index in [1.54, 1.807) is 18.2 Å². The molecule has 0 radical (unpaired) electrons. The summed E-state index contributed by atoms with van der Waals surface area (Å²) in [6.45, 7) is 1.81. The zero-order valence-electron chi connectivity index (χ0n) is 13.6. The Morgan fingerprint density at radius 3 is 2.32 bits per heavy atom. The molecule has 2 rings (SSSR count). The third-order valence-corrected chi connectivity index (χ3v) is 5.26. The van der Waals surface area contributed by atoms with Crippen LogP contribution in [0.1, 0.15) is 11.1 Å². The van der Waals surface area contributed by atoms with Crippen molar-refractivity contribution in [2.75, 3.05) is 10.6 Å². The van der Waals surface area contributed by atoms with Crippen LogP contribution in [0, 0.1) is 12.7 Å². The Hall–Kier alpha value is -2.12. The second-order valence-electron chi connectivity index (χ2n) is 5.68. The van der Waals surface area contributed by atoms with E-state index in [1.165, 1.54) is 12.1 Å². The topological polar surface area (TPSA) is 74.7 Å². The average Bonchev–Trinajstić information content (AvgIpc) is 2.50. The summed E-state index contributed by atoms with van der Waals surface area (Å²) in [5.74, 6) is -1.86. The highest BCUT2D eigenvalue weighted by atomic mass is 35.5. The number of benzene rings is 2. The lowest BCUT2D eigenvalue weighted by molar-refractivity contribution is -0.138. The molecule has 0 amide bonds. The van der Waals surface area contributed by atoms with Crippen LogP contribution in [0.3, 0.4) is 0 Å². The number of carboxylic acids is 1. The number of halogens is 2. The molecule has 1 N–H and O–H groups in total. The molecule has 0 aliphatic rings. The Labute approximate surface area is 150 Å². The second-order valence-corrected chi connectivity index (χ2v) is 7.94. The van der Waals surface area contributed by atoms with Gasteiger partial charge in [0.25, 0.3) is 0 Å². The molecule has 0 aromatic heterocycles. The zero-order valence-corrected chi connectivity index (χ0v) is 15.2. The van der Waals surface area contributed by atoms with Gasteiger partial charge in [0.1, 0.15) is 11.9 Å². The zero-order chi connectivity index (χ0) is 18.8. The van der Waals surface area contributed by atoms with Gasteiger partial charge in [0.05, 0.1) is 11.9 Å². The minimum absolute atomic E-state index is 0.0782. The van der Waals surface area contributed by atoms with E-state index in [1.807, 2.05) is 6.92 Å². The number of aliphatic carboxylic acids is 1. The number of carboxylic acid groups (broad SMARTS) is 1. The Bertz CT molecular complexity index is 884. The van der Waals surface area contributed by atoms with E-state index in [2.05, 4.69) is 0 Å².